The second-order valence-electron chi connectivity index (χ2n) is 5.77. The van der Waals surface area contributed by atoms with Gasteiger partial charge in [-0.3, -0.25) is 0 Å². The molecule has 5 nitrogen and oxygen atoms in total. The van der Waals surface area contributed by atoms with Crippen molar-refractivity contribution in [2.24, 2.45) is 0 Å². The van der Waals surface area contributed by atoms with Crippen molar-refractivity contribution in [1.29, 1.82) is 0 Å². The summed E-state index contributed by atoms with van der Waals surface area (Å²) in [6.07, 6.45) is 7.88. The zero-order valence-corrected chi connectivity index (χ0v) is 15.0. The molecule has 1 atom stereocenters. The molecule has 0 saturated heterocycles. The largest absolute Gasteiger partial charge is 0.480 e. The fourth-order valence-corrected chi connectivity index (χ4v) is 4.73. The highest BCUT2D eigenvalue weighted by Crippen LogP contribution is 2.39. The van der Waals surface area contributed by atoms with Gasteiger partial charge in [0.15, 0.2) is 5.16 Å². The number of hydrogen-bond donors (Lipinski definition) is 2. The summed E-state index contributed by atoms with van der Waals surface area (Å²) in [7, 11) is 0. The van der Waals surface area contributed by atoms with Crippen molar-refractivity contribution in [3.05, 3.63) is 10.4 Å². The number of thiophene rings is 1. The number of carboxylic acids is 1. The Bertz CT molecular complexity index is 730. The third-order valence-electron chi connectivity index (χ3n) is 4.16. The van der Waals surface area contributed by atoms with Crippen LogP contribution in [0.1, 0.15) is 43.0 Å². The van der Waals surface area contributed by atoms with Crippen LogP contribution in [0.3, 0.4) is 0 Å². The van der Waals surface area contributed by atoms with Crippen LogP contribution in [-0.4, -0.2) is 33.3 Å². The maximum absolute atomic E-state index is 11.5. The molecule has 0 amide bonds. The van der Waals surface area contributed by atoms with Crippen molar-refractivity contribution in [3.8, 4) is 0 Å². The number of thioether (sulfide) groups is 1. The molecule has 0 fully saturated rings. The van der Waals surface area contributed by atoms with Gasteiger partial charge in [0, 0.05) is 4.88 Å². The minimum Gasteiger partial charge on any atom is -0.480 e. The molecule has 7 heteroatoms. The van der Waals surface area contributed by atoms with Crippen LogP contribution in [0.15, 0.2) is 5.16 Å². The van der Waals surface area contributed by atoms with Gasteiger partial charge in [-0.05, 0) is 43.9 Å². The van der Waals surface area contributed by atoms with E-state index in [9.17, 15) is 9.90 Å². The summed E-state index contributed by atoms with van der Waals surface area (Å²) in [5.74, 6) is -0.131. The quantitative estimate of drug-likeness (QED) is 0.606. The fraction of sp³-hybridized carbons (Fsp3) is 0.562. The number of nitrogens with zero attached hydrogens (tertiary/aromatic N) is 2. The molecule has 1 aliphatic carbocycles. The van der Waals surface area contributed by atoms with Gasteiger partial charge in [0.2, 0.25) is 0 Å². The van der Waals surface area contributed by atoms with E-state index in [-0.39, 0.29) is 0 Å². The number of carbonyl (C=O) groups is 1. The van der Waals surface area contributed by atoms with Gasteiger partial charge in [-0.2, -0.15) is 0 Å². The molecule has 2 aromatic rings. The van der Waals surface area contributed by atoms with E-state index in [1.54, 1.807) is 11.3 Å². The summed E-state index contributed by atoms with van der Waals surface area (Å²) in [5, 5.41) is 14.4. The predicted octanol–water partition coefficient (Wildman–Crippen LogP) is 3.96. The van der Waals surface area contributed by atoms with Crippen LogP contribution < -0.4 is 5.32 Å². The topological polar surface area (TPSA) is 75.1 Å². The van der Waals surface area contributed by atoms with E-state index in [0.717, 1.165) is 29.5 Å². The molecule has 1 aliphatic rings. The molecule has 0 aromatic carbocycles. The van der Waals surface area contributed by atoms with Crippen molar-refractivity contribution in [3.63, 3.8) is 0 Å². The van der Waals surface area contributed by atoms with Crippen LogP contribution in [0.5, 0.6) is 0 Å². The lowest BCUT2D eigenvalue weighted by molar-refractivity contribution is -0.138. The zero-order chi connectivity index (χ0) is 16.4. The Labute approximate surface area is 143 Å². The number of hydrogen-bond acceptors (Lipinski definition) is 6. The SMILES string of the molecule is CCCC(Nc1nc(SC)nc2sc3c(c12)CCCC3)C(=O)O. The van der Waals surface area contributed by atoms with Gasteiger partial charge >= 0.3 is 5.97 Å². The van der Waals surface area contributed by atoms with Crippen LogP contribution in [0, 0.1) is 0 Å². The van der Waals surface area contributed by atoms with E-state index < -0.39 is 12.0 Å². The summed E-state index contributed by atoms with van der Waals surface area (Å²) in [4.78, 5) is 23.1. The lowest BCUT2D eigenvalue weighted by atomic mass is 9.97. The minimum atomic E-state index is -0.826. The maximum Gasteiger partial charge on any atom is 0.326 e. The zero-order valence-electron chi connectivity index (χ0n) is 13.4. The molecule has 0 radical (unpaired) electrons. The Hall–Kier alpha value is -1.34. The summed E-state index contributed by atoms with van der Waals surface area (Å²) in [5.41, 5.74) is 1.33. The lowest BCUT2D eigenvalue weighted by Gasteiger charge is -2.17. The fourth-order valence-electron chi connectivity index (χ4n) is 3.04. The van der Waals surface area contributed by atoms with Crippen LogP contribution in [0.25, 0.3) is 10.2 Å². The van der Waals surface area contributed by atoms with Crippen molar-refractivity contribution in [2.45, 2.75) is 56.6 Å². The summed E-state index contributed by atoms with van der Waals surface area (Å²) in [6, 6.07) is -0.605. The first-order valence-corrected chi connectivity index (χ1v) is 10.0. The Morgan fingerprint density at radius 3 is 2.87 bits per heavy atom. The number of nitrogens with one attached hydrogen (secondary N) is 1. The maximum atomic E-state index is 11.5. The summed E-state index contributed by atoms with van der Waals surface area (Å²) in [6.45, 7) is 1.99. The van der Waals surface area contributed by atoms with E-state index in [2.05, 4.69) is 15.3 Å². The molecule has 23 heavy (non-hydrogen) atoms. The van der Waals surface area contributed by atoms with Crippen molar-refractivity contribution in [1.82, 2.24) is 9.97 Å². The van der Waals surface area contributed by atoms with Gasteiger partial charge in [-0.1, -0.05) is 25.1 Å². The number of carboxylic acid groups (broad SMARTS) is 1. The molecule has 1 unspecified atom stereocenters. The second-order valence-corrected chi connectivity index (χ2v) is 7.63. The van der Waals surface area contributed by atoms with Crippen LogP contribution in [0.2, 0.25) is 0 Å². The van der Waals surface area contributed by atoms with Gasteiger partial charge in [0.1, 0.15) is 16.7 Å². The van der Waals surface area contributed by atoms with Gasteiger partial charge in [0.25, 0.3) is 0 Å². The average Bonchev–Trinajstić information content (AvgIpc) is 2.92. The molecular formula is C16H21N3O2S2. The highest BCUT2D eigenvalue weighted by Gasteiger charge is 2.24. The van der Waals surface area contributed by atoms with Gasteiger partial charge in [-0.25, -0.2) is 14.8 Å². The number of aromatic nitrogens is 2. The Kier molecular flexibility index (Phi) is 5.06. The Morgan fingerprint density at radius 2 is 2.17 bits per heavy atom. The first kappa shape index (κ1) is 16.5. The molecule has 0 saturated carbocycles. The van der Waals surface area contributed by atoms with E-state index in [4.69, 9.17) is 0 Å². The molecule has 2 N–H and O–H groups in total. The number of fused-ring (bicyclic) bond motifs is 3. The molecule has 3 rings (SSSR count). The van der Waals surface area contributed by atoms with E-state index in [1.165, 1.54) is 35.0 Å². The summed E-state index contributed by atoms with van der Waals surface area (Å²) < 4.78 is 0. The van der Waals surface area contributed by atoms with Crippen molar-refractivity contribution in [2.75, 3.05) is 11.6 Å². The van der Waals surface area contributed by atoms with Crippen molar-refractivity contribution >= 4 is 45.1 Å². The van der Waals surface area contributed by atoms with Crippen LogP contribution in [-0.2, 0) is 17.6 Å². The first-order chi connectivity index (χ1) is 11.1. The second kappa shape index (κ2) is 7.05. The smallest absolute Gasteiger partial charge is 0.326 e. The number of anilines is 1. The number of aliphatic carboxylic acids is 1. The van der Waals surface area contributed by atoms with Gasteiger partial charge in [0.05, 0.1) is 5.39 Å². The van der Waals surface area contributed by atoms with Crippen LogP contribution >= 0.6 is 23.1 Å². The number of aryl methyl sites for hydroxylation is 2. The highest BCUT2D eigenvalue weighted by molar-refractivity contribution is 7.98. The molecule has 2 heterocycles. The monoisotopic (exact) mass is 351 g/mol. The van der Waals surface area contributed by atoms with Gasteiger partial charge in [-0.15, -0.1) is 11.3 Å². The van der Waals surface area contributed by atoms with E-state index >= 15 is 0 Å². The Morgan fingerprint density at radius 1 is 1.39 bits per heavy atom. The lowest BCUT2D eigenvalue weighted by Crippen LogP contribution is -2.29. The summed E-state index contributed by atoms with van der Waals surface area (Å²) >= 11 is 3.23. The number of rotatable bonds is 6. The Balaban J connectivity index is 2.09. The first-order valence-electron chi connectivity index (χ1n) is 7.99. The highest BCUT2D eigenvalue weighted by atomic mass is 32.2. The molecular weight excluding hydrogens is 330 g/mol. The van der Waals surface area contributed by atoms with Crippen molar-refractivity contribution < 1.29 is 9.90 Å². The molecule has 0 bridgehead atoms. The molecule has 0 aliphatic heterocycles. The minimum absolute atomic E-state index is 0.585. The van der Waals surface area contributed by atoms with Gasteiger partial charge < -0.3 is 10.4 Å². The molecule has 124 valence electrons. The predicted molar refractivity (Wildman–Crippen MR) is 95.8 cm³/mol. The van der Waals surface area contributed by atoms with E-state index in [0.29, 0.717) is 17.4 Å². The third-order valence-corrected chi connectivity index (χ3v) is 5.90. The molecule has 2 aromatic heterocycles. The molecule has 0 spiro atoms. The van der Waals surface area contributed by atoms with Crippen LogP contribution in [0.4, 0.5) is 5.82 Å². The third kappa shape index (κ3) is 3.30. The average molecular weight is 351 g/mol. The standard InChI is InChI=1S/C16H21N3O2S2/c1-3-6-10(15(20)21)17-13-12-9-7-4-5-8-11(9)23-14(12)19-16(18-13)22-2/h10H,3-8H2,1-2H3,(H,20,21)(H,17,18,19). The van der Waals surface area contributed by atoms with E-state index in [1.807, 2.05) is 13.2 Å². The normalized spacial score (nSPS) is 15.4.